The number of likely N-dealkylation sites (tertiary alicyclic amines) is 1. The molecule has 19 heavy (non-hydrogen) atoms. The zero-order valence-electron chi connectivity index (χ0n) is 10.7. The van der Waals surface area contributed by atoms with Crippen LogP contribution in [0.3, 0.4) is 0 Å². The number of amides is 2. The zero-order valence-corrected chi connectivity index (χ0v) is 11.5. The van der Waals surface area contributed by atoms with Crippen molar-refractivity contribution >= 4 is 28.7 Å². The van der Waals surface area contributed by atoms with Crippen LogP contribution in [0.2, 0.25) is 0 Å². The molecule has 9 heteroatoms. The fourth-order valence-corrected chi connectivity index (χ4v) is 2.78. The molecule has 1 saturated heterocycles. The van der Waals surface area contributed by atoms with Crippen LogP contribution in [0.25, 0.3) is 0 Å². The molecule has 1 aromatic rings. The van der Waals surface area contributed by atoms with E-state index in [4.69, 9.17) is 0 Å². The average Bonchev–Trinajstić information content (AvgIpc) is 2.79. The van der Waals surface area contributed by atoms with Crippen molar-refractivity contribution in [3.8, 4) is 0 Å². The van der Waals surface area contributed by atoms with E-state index < -0.39 is 23.5 Å². The second kappa shape index (κ2) is 5.08. The molecule has 8 nitrogen and oxygen atoms in total. The minimum absolute atomic E-state index is 0.262. The van der Waals surface area contributed by atoms with Gasteiger partial charge in [0.1, 0.15) is 6.04 Å². The van der Waals surface area contributed by atoms with Crippen LogP contribution < -0.4 is 5.32 Å². The number of piperidine rings is 1. The summed E-state index contributed by atoms with van der Waals surface area (Å²) in [6, 6.07) is -1.32. The van der Waals surface area contributed by atoms with Gasteiger partial charge in [0.05, 0.1) is 0 Å². The lowest BCUT2D eigenvalue weighted by Gasteiger charge is -2.43. The van der Waals surface area contributed by atoms with E-state index >= 15 is 0 Å². The quantitative estimate of drug-likeness (QED) is 0.840. The van der Waals surface area contributed by atoms with E-state index in [-0.39, 0.29) is 5.13 Å². The molecule has 0 radical (unpaired) electrons. The highest BCUT2D eigenvalue weighted by atomic mass is 32.1. The molecule has 2 amide bonds. The van der Waals surface area contributed by atoms with E-state index in [1.165, 1.54) is 4.90 Å². The molecule has 1 aliphatic rings. The number of carbonyl (C=O) groups is 2. The van der Waals surface area contributed by atoms with Crippen LogP contribution in [0.4, 0.5) is 9.93 Å². The van der Waals surface area contributed by atoms with Gasteiger partial charge in [-0.1, -0.05) is 23.4 Å². The third kappa shape index (κ3) is 2.80. The Bertz CT molecular complexity index is 476. The maximum Gasteiger partial charge on any atom is 0.327 e. The Morgan fingerprint density at radius 2 is 2.26 bits per heavy atom. The van der Waals surface area contributed by atoms with Crippen molar-refractivity contribution in [2.24, 2.45) is 5.41 Å². The van der Waals surface area contributed by atoms with Crippen molar-refractivity contribution in [2.75, 3.05) is 11.9 Å². The van der Waals surface area contributed by atoms with Gasteiger partial charge in [-0.3, -0.25) is 5.32 Å². The molecule has 2 rings (SSSR count). The predicted octanol–water partition coefficient (Wildman–Crippen LogP) is 1.04. The van der Waals surface area contributed by atoms with Gasteiger partial charge in [-0.15, -0.1) is 0 Å². The smallest absolute Gasteiger partial charge is 0.327 e. The molecule has 1 atom stereocenters. The number of anilines is 1. The maximum atomic E-state index is 12.1. The Labute approximate surface area is 114 Å². The molecule has 0 bridgehead atoms. The minimum atomic E-state index is -0.991. The highest BCUT2D eigenvalue weighted by Gasteiger charge is 2.44. The second-order valence-corrected chi connectivity index (χ2v) is 5.86. The van der Waals surface area contributed by atoms with Crippen LogP contribution in [-0.2, 0) is 4.79 Å². The van der Waals surface area contributed by atoms with E-state index in [2.05, 4.69) is 20.1 Å². The number of carboxylic acids is 1. The number of hydrogen-bond donors (Lipinski definition) is 2. The SMILES string of the molecule is CC1(C)CCCN(C(=O)Nc2nnns2)C1C(=O)O. The van der Waals surface area contributed by atoms with Crippen LogP contribution in [0, 0.1) is 5.41 Å². The van der Waals surface area contributed by atoms with E-state index in [1.54, 1.807) is 0 Å². The molecule has 2 N–H and O–H groups in total. The summed E-state index contributed by atoms with van der Waals surface area (Å²) in [7, 11) is 0. The largest absolute Gasteiger partial charge is 0.480 e. The Balaban J connectivity index is 2.16. The summed E-state index contributed by atoms with van der Waals surface area (Å²) in [6.45, 7) is 4.13. The number of aromatic nitrogens is 3. The summed E-state index contributed by atoms with van der Waals surface area (Å²) in [6.07, 6.45) is 1.55. The fourth-order valence-electron chi connectivity index (χ4n) is 2.42. The summed E-state index contributed by atoms with van der Waals surface area (Å²) in [5, 5.41) is 19.1. The van der Waals surface area contributed by atoms with Crippen molar-refractivity contribution in [3.63, 3.8) is 0 Å². The molecule has 2 heterocycles. The van der Waals surface area contributed by atoms with Gasteiger partial charge in [-0.25, -0.2) is 9.59 Å². The molecule has 0 aliphatic carbocycles. The second-order valence-electron chi connectivity index (χ2n) is 5.12. The molecule has 1 aromatic heterocycles. The summed E-state index contributed by atoms with van der Waals surface area (Å²) >= 11 is 0.947. The molecule has 0 saturated carbocycles. The van der Waals surface area contributed by atoms with Crippen molar-refractivity contribution in [3.05, 3.63) is 0 Å². The fraction of sp³-hybridized carbons (Fsp3) is 0.700. The third-order valence-electron chi connectivity index (χ3n) is 3.28. The number of aliphatic carboxylic acids is 1. The number of carboxylic acid groups (broad SMARTS) is 1. The molecule has 104 valence electrons. The van der Waals surface area contributed by atoms with Crippen molar-refractivity contribution in [2.45, 2.75) is 32.7 Å². The maximum absolute atomic E-state index is 12.1. The standard InChI is InChI=1S/C10H15N5O3S/c1-10(2)4-3-5-15(6(10)7(16)17)9(18)11-8-12-13-14-19-8/h6H,3-5H2,1-2H3,(H,16,17)(H,11,12,14,18). The van der Waals surface area contributed by atoms with Gasteiger partial charge in [0.25, 0.3) is 0 Å². The number of nitrogens with one attached hydrogen (secondary N) is 1. The number of urea groups is 1. The number of nitrogens with zero attached hydrogens (tertiary/aromatic N) is 4. The Morgan fingerprint density at radius 3 is 2.84 bits per heavy atom. The van der Waals surface area contributed by atoms with Crippen LogP contribution >= 0.6 is 11.5 Å². The van der Waals surface area contributed by atoms with Gasteiger partial charge in [0.15, 0.2) is 0 Å². The number of rotatable bonds is 2. The van der Waals surface area contributed by atoms with Gasteiger partial charge >= 0.3 is 12.0 Å². The van der Waals surface area contributed by atoms with Gasteiger partial charge in [-0.2, -0.15) is 0 Å². The van der Waals surface area contributed by atoms with Crippen LogP contribution in [0.5, 0.6) is 0 Å². The summed E-state index contributed by atoms with van der Waals surface area (Å²) in [4.78, 5) is 24.9. The average molecular weight is 285 g/mol. The minimum Gasteiger partial charge on any atom is -0.480 e. The van der Waals surface area contributed by atoms with E-state index in [1.807, 2.05) is 13.8 Å². The molecular formula is C10H15N5O3S. The zero-order chi connectivity index (χ0) is 14.0. The van der Waals surface area contributed by atoms with Crippen molar-refractivity contribution in [1.82, 2.24) is 19.7 Å². The topological polar surface area (TPSA) is 108 Å². The monoisotopic (exact) mass is 285 g/mol. The van der Waals surface area contributed by atoms with Crippen LogP contribution in [0.1, 0.15) is 26.7 Å². The summed E-state index contributed by atoms with van der Waals surface area (Å²) in [5.74, 6) is -0.991. The van der Waals surface area contributed by atoms with Gasteiger partial charge in [0, 0.05) is 18.1 Å². The predicted molar refractivity (Wildman–Crippen MR) is 67.9 cm³/mol. The molecule has 1 unspecified atom stereocenters. The van der Waals surface area contributed by atoms with Gasteiger partial charge in [0.2, 0.25) is 5.13 Å². The summed E-state index contributed by atoms with van der Waals surface area (Å²) < 4.78 is 3.53. The molecule has 0 spiro atoms. The van der Waals surface area contributed by atoms with E-state index in [0.29, 0.717) is 6.54 Å². The molecular weight excluding hydrogens is 270 g/mol. The van der Waals surface area contributed by atoms with Crippen LogP contribution in [0.15, 0.2) is 0 Å². The first-order chi connectivity index (χ1) is 8.92. The number of hydrogen-bond acceptors (Lipinski definition) is 6. The van der Waals surface area contributed by atoms with Crippen molar-refractivity contribution < 1.29 is 14.7 Å². The molecule has 0 aromatic carbocycles. The first-order valence-corrected chi connectivity index (χ1v) is 6.64. The summed E-state index contributed by atoms with van der Waals surface area (Å²) in [5.41, 5.74) is -0.458. The molecule has 1 aliphatic heterocycles. The van der Waals surface area contributed by atoms with Crippen molar-refractivity contribution in [1.29, 1.82) is 0 Å². The Morgan fingerprint density at radius 1 is 1.53 bits per heavy atom. The van der Waals surface area contributed by atoms with E-state index in [9.17, 15) is 14.7 Å². The third-order valence-corrected chi connectivity index (χ3v) is 3.79. The molecule has 1 fully saturated rings. The Hall–Kier alpha value is -1.77. The van der Waals surface area contributed by atoms with E-state index in [0.717, 1.165) is 24.4 Å². The van der Waals surface area contributed by atoms with Gasteiger partial charge in [-0.05, 0) is 23.5 Å². The van der Waals surface area contributed by atoms with Gasteiger partial charge < -0.3 is 10.0 Å². The first kappa shape index (κ1) is 13.7. The Kier molecular flexibility index (Phi) is 3.65. The lowest BCUT2D eigenvalue weighted by atomic mass is 9.76. The highest BCUT2D eigenvalue weighted by Crippen LogP contribution is 2.35. The highest BCUT2D eigenvalue weighted by molar-refractivity contribution is 7.09. The lowest BCUT2D eigenvalue weighted by Crippen LogP contribution is -2.57. The lowest BCUT2D eigenvalue weighted by molar-refractivity contribution is -0.148. The first-order valence-electron chi connectivity index (χ1n) is 5.87. The normalized spacial score (nSPS) is 22.0. The number of carbonyl (C=O) groups excluding carboxylic acids is 1. The van der Waals surface area contributed by atoms with Crippen LogP contribution in [-0.4, -0.2) is 49.4 Å².